The Morgan fingerprint density at radius 2 is 2.00 bits per heavy atom. The van der Waals surface area contributed by atoms with Crippen LogP contribution in [0.15, 0.2) is 36.7 Å². The van der Waals surface area contributed by atoms with Gasteiger partial charge in [-0.2, -0.15) is 5.10 Å². The summed E-state index contributed by atoms with van der Waals surface area (Å²) < 4.78 is 1.74. The number of amides is 1. The summed E-state index contributed by atoms with van der Waals surface area (Å²) in [4.78, 5) is 20.4. The van der Waals surface area contributed by atoms with E-state index >= 15 is 0 Å². The number of nitrogens with zero attached hydrogens (tertiary/aromatic N) is 4. The van der Waals surface area contributed by atoms with Gasteiger partial charge in [0.25, 0.3) is 5.91 Å². The molecular weight excluding hydrogens is 349 g/mol. The van der Waals surface area contributed by atoms with Crippen LogP contribution in [-0.4, -0.2) is 25.7 Å². The number of nitrogens with one attached hydrogen (secondary N) is 1. The normalized spacial score (nSPS) is 10.7. The molecule has 8 heteroatoms. The van der Waals surface area contributed by atoms with Gasteiger partial charge in [-0.3, -0.25) is 9.78 Å². The van der Waals surface area contributed by atoms with Crippen molar-refractivity contribution in [3.05, 3.63) is 63.9 Å². The summed E-state index contributed by atoms with van der Waals surface area (Å²) in [6, 6.07) is 6.75. The third-order valence-corrected chi connectivity index (χ3v) is 3.84. The highest BCUT2D eigenvalue weighted by molar-refractivity contribution is 6.35. The Morgan fingerprint density at radius 1 is 1.21 bits per heavy atom. The van der Waals surface area contributed by atoms with E-state index in [4.69, 9.17) is 23.2 Å². The van der Waals surface area contributed by atoms with Crippen LogP contribution in [0.4, 0.5) is 5.69 Å². The van der Waals surface area contributed by atoms with E-state index in [0.29, 0.717) is 11.4 Å². The van der Waals surface area contributed by atoms with Gasteiger partial charge >= 0.3 is 0 Å². The van der Waals surface area contributed by atoms with E-state index < -0.39 is 5.91 Å². The van der Waals surface area contributed by atoms with Gasteiger partial charge in [0.2, 0.25) is 0 Å². The molecule has 0 aliphatic carbocycles. The number of anilines is 1. The molecule has 122 valence electrons. The molecule has 0 bridgehead atoms. The van der Waals surface area contributed by atoms with Crippen LogP contribution < -0.4 is 5.32 Å². The van der Waals surface area contributed by atoms with Crippen LogP contribution in [0.25, 0.3) is 5.69 Å². The fourth-order valence-electron chi connectivity index (χ4n) is 2.31. The number of hydrogen-bond donors (Lipinski definition) is 1. The molecule has 0 saturated carbocycles. The number of carbonyl (C=O) groups excluding carboxylic acids is 1. The molecule has 0 saturated heterocycles. The summed E-state index contributed by atoms with van der Waals surface area (Å²) in [6.45, 7) is 3.84. The molecule has 3 rings (SSSR count). The van der Waals surface area contributed by atoms with Crippen molar-refractivity contribution < 1.29 is 4.79 Å². The van der Waals surface area contributed by atoms with Crippen molar-refractivity contribution in [2.24, 2.45) is 0 Å². The summed E-state index contributed by atoms with van der Waals surface area (Å²) in [7, 11) is 0. The minimum Gasteiger partial charge on any atom is -0.319 e. The summed E-state index contributed by atoms with van der Waals surface area (Å²) in [5, 5.41) is 7.49. The number of pyridine rings is 2. The maximum Gasteiger partial charge on any atom is 0.258 e. The minimum atomic E-state index is -0.403. The summed E-state index contributed by atoms with van der Waals surface area (Å²) >= 11 is 11.7. The highest BCUT2D eigenvalue weighted by Gasteiger charge is 2.16. The predicted molar refractivity (Wildman–Crippen MR) is 93.0 cm³/mol. The summed E-state index contributed by atoms with van der Waals surface area (Å²) in [6.07, 6.45) is 3.19. The molecule has 3 heterocycles. The lowest BCUT2D eigenvalue weighted by Gasteiger charge is -2.12. The topological polar surface area (TPSA) is 72.7 Å². The van der Waals surface area contributed by atoms with Crippen molar-refractivity contribution in [1.29, 1.82) is 0 Å². The lowest BCUT2D eigenvalue weighted by molar-refractivity contribution is 0.102. The second-order valence-electron chi connectivity index (χ2n) is 5.16. The first-order valence-corrected chi connectivity index (χ1v) is 7.82. The maximum atomic E-state index is 12.5. The third kappa shape index (κ3) is 3.25. The van der Waals surface area contributed by atoms with Crippen LogP contribution in [0.3, 0.4) is 0 Å². The van der Waals surface area contributed by atoms with Gasteiger partial charge in [-0.25, -0.2) is 9.67 Å². The zero-order valence-corrected chi connectivity index (χ0v) is 14.4. The molecular formula is C16H13Cl2N5O. The molecule has 6 nitrogen and oxygen atoms in total. The van der Waals surface area contributed by atoms with Gasteiger partial charge < -0.3 is 5.32 Å². The van der Waals surface area contributed by atoms with Crippen molar-refractivity contribution >= 4 is 34.8 Å². The molecule has 1 N–H and O–H groups in total. The van der Waals surface area contributed by atoms with E-state index in [1.807, 2.05) is 19.9 Å². The fourth-order valence-corrected chi connectivity index (χ4v) is 2.74. The average Bonchev–Trinajstić information content (AvgIpc) is 2.86. The highest BCUT2D eigenvalue weighted by atomic mass is 35.5. The number of carbonyl (C=O) groups is 1. The van der Waals surface area contributed by atoms with Gasteiger partial charge in [-0.15, -0.1) is 0 Å². The standard InChI is InChI=1S/C16H13Cl2N5O/c1-9-7-10(2)23(22-9)13-5-6-19-8-12(13)20-16(24)11-3-4-14(17)21-15(11)18/h3-8H,1-2H3,(H,20,24). The second-order valence-corrected chi connectivity index (χ2v) is 5.90. The van der Waals surface area contributed by atoms with E-state index in [9.17, 15) is 4.79 Å². The molecule has 0 spiro atoms. The quantitative estimate of drug-likeness (QED) is 0.719. The van der Waals surface area contributed by atoms with Gasteiger partial charge in [0.15, 0.2) is 0 Å². The van der Waals surface area contributed by atoms with Crippen molar-refractivity contribution in [3.63, 3.8) is 0 Å². The van der Waals surface area contributed by atoms with Gasteiger partial charge in [-0.05, 0) is 38.1 Å². The first-order chi connectivity index (χ1) is 11.5. The maximum absolute atomic E-state index is 12.5. The third-order valence-electron chi connectivity index (χ3n) is 3.34. The highest BCUT2D eigenvalue weighted by Crippen LogP contribution is 2.23. The number of hydrogen-bond acceptors (Lipinski definition) is 4. The first kappa shape index (κ1) is 16.4. The predicted octanol–water partition coefficient (Wildman–Crippen LogP) is 3.84. The molecule has 0 unspecified atom stereocenters. The largest absolute Gasteiger partial charge is 0.319 e. The van der Waals surface area contributed by atoms with Gasteiger partial charge in [0, 0.05) is 11.9 Å². The summed E-state index contributed by atoms with van der Waals surface area (Å²) in [5.41, 5.74) is 3.28. The Labute approximate surface area is 148 Å². The van der Waals surface area contributed by atoms with Crippen molar-refractivity contribution in [2.45, 2.75) is 13.8 Å². The molecule has 3 aromatic rings. The Bertz CT molecular complexity index is 923. The second kappa shape index (κ2) is 6.59. The zero-order chi connectivity index (χ0) is 17.3. The smallest absolute Gasteiger partial charge is 0.258 e. The van der Waals surface area contributed by atoms with Gasteiger partial charge in [-0.1, -0.05) is 23.2 Å². The van der Waals surface area contributed by atoms with Crippen molar-refractivity contribution in [3.8, 4) is 5.69 Å². The van der Waals surface area contributed by atoms with E-state index in [2.05, 4.69) is 20.4 Å². The van der Waals surface area contributed by atoms with Crippen LogP contribution in [-0.2, 0) is 0 Å². The van der Waals surface area contributed by atoms with Crippen LogP contribution in [0.2, 0.25) is 10.3 Å². The van der Waals surface area contributed by atoms with Crippen molar-refractivity contribution in [2.75, 3.05) is 5.32 Å². The van der Waals surface area contributed by atoms with Crippen LogP contribution in [0.1, 0.15) is 21.7 Å². The number of aryl methyl sites for hydroxylation is 2. The van der Waals surface area contributed by atoms with E-state index in [0.717, 1.165) is 11.4 Å². The van der Waals surface area contributed by atoms with Gasteiger partial charge in [0.1, 0.15) is 10.3 Å². The average molecular weight is 362 g/mol. The lowest BCUT2D eigenvalue weighted by atomic mass is 10.2. The summed E-state index contributed by atoms with van der Waals surface area (Å²) in [5.74, 6) is -0.403. The number of rotatable bonds is 3. The minimum absolute atomic E-state index is 0.0385. The molecule has 3 aromatic heterocycles. The molecule has 0 radical (unpaired) electrons. The van der Waals surface area contributed by atoms with Crippen LogP contribution in [0, 0.1) is 13.8 Å². The Balaban J connectivity index is 1.96. The molecule has 0 aliphatic heterocycles. The molecule has 0 aliphatic rings. The van der Waals surface area contributed by atoms with Gasteiger partial charge in [0.05, 0.1) is 28.8 Å². The molecule has 0 fully saturated rings. The first-order valence-electron chi connectivity index (χ1n) is 7.07. The Kier molecular flexibility index (Phi) is 4.51. The SMILES string of the molecule is Cc1cc(C)n(-c2ccncc2NC(=O)c2ccc(Cl)nc2Cl)n1. The molecule has 1 amide bonds. The fraction of sp³-hybridized carbons (Fsp3) is 0.125. The van der Waals surface area contributed by atoms with E-state index in [1.54, 1.807) is 23.1 Å². The van der Waals surface area contributed by atoms with E-state index in [1.165, 1.54) is 12.1 Å². The monoisotopic (exact) mass is 361 g/mol. The number of aromatic nitrogens is 4. The van der Waals surface area contributed by atoms with Crippen molar-refractivity contribution in [1.82, 2.24) is 19.7 Å². The van der Waals surface area contributed by atoms with Crippen LogP contribution >= 0.6 is 23.2 Å². The molecule has 0 aromatic carbocycles. The number of halogens is 2. The zero-order valence-electron chi connectivity index (χ0n) is 12.9. The van der Waals surface area contributed by atoms with Crippen LogP contribution in [0.5, 0.6) is 0 Å². The van der Waals surface area contributed by atoms with E-state index in [-0.39, 0.29) is 15.9 Å². The lowest BCUT2D eigenvalue weighted by Crippen LogP contribution is -2.15. The molecule has 24 heavy (non-hydrogen) atoms. The molecule has 0 atom stereocenters. The Morgan fingerprint density at radius 3 is 2.67 bits per heavy atom. The Hall–Kier alpha value is -2.44.